The lowest BCUT2D eigenvalue weighted by Gasteiger charge is -2.61. The number of Topliss-reactive ketones (excluding diaryl/α,β-unsaturated/α-hetero) is 1. The number of likely N-dealkylation sites (tertiary alicyclic amines) is 1. The molecule has 1 aliphatic carbocycles. The summed E-state index contributed by atoms with van der Waals surface area (Å²) in [7, 11) is 0. The molecule has 4 N–H and O–H groups in total. The molecule has 26 heavy (non-hydrogen) atoms. The molecule has 4 unspecified atom stereocenters. The second-order valence-corrected chi connectivity index (χ2v) is 7.68. The molecule has 2 aliphatic rings. The number of nitrogens with zero attached hydrogens (tertiary/aromatic N) is 1. The largest absolute Gasteiger partial charge is 0.504 e. The third-order valence-electron chi connectivity index (χ3n) is 6.41. The number of piperidine rings is 1. The lowest BCUT2D eigenvalue weighted by Crippen LogP contribution is -2.75. The minimum absolute atomic E-state index is 0.0185. The van der Waals surface area contributed by atoms with E-state index in [0.717, 1.165) is 0 Å². The van der Waals surface area contributed by atoms with Crippen molar-refractivity contribution in [2.75, 3.05) is 13.1 Å². The fraction of sp³-hybridized carbons (Fsp3) is 0.550. The highest BCUT2D eigenvalue weighted by Gasteiger charge is 2.65. The zero-order valence-corrected chi connectivity index (χ0v) is 15.3. The second kappa shape index (κ2) is 6.37. The molecule has 1 heterocycles. The summed E-state index contributed by atoms with van der Waals surface area (Å²) in [6.07, 6.45) is 0.757. The van der Waals surface area contributed by atoms with Crippen molar-refractivity contribution in [2.24, 2.45) is 0 Å². The Balaban J connectivity index is 2.26. The molecule has 0 bridgehead atoms. The molecular formula is C20H27NO5. The molecule has 1 aromatic rings. The fourth-order valence-corrected chi connectivity index (χ4v) is 5.13. The number of hydrogen-bond donors (Lipinski definition) is 4. The van der Waals surface area contributed by atoms with Crippen LogP contribution in [0.25, 0.3) is 0 Å². The molecule has 4 atom stereocenters. The van der Waals surface area contributed by atoms with Crippen molar-refractivity contribution in [2.45, 2.75) is 56.3 Å². The molecule has 1 aliphatic heterocycles. The summed E-state index contributed by atoms with van der Waals surface area (Å²) < 4.78 is 0. The summed E-state index contributed by atoms with van der Waals surface area (Å²) in [5.74, 6) is -0.778. The quantitative estimate of drug-likeness (QED) is 0.479. The number of phenols is 2. The van der Waals surface area contributed by atoms with Crippen LogP contribution in [-0.2, 0) is 10.2 Å². The Labute approximate surface area is 153 Å². The van der Waals surface area contributed by atoms with Gasteiger partial charge in [0, 0.05) is 36.4 Å². The average Bonchev–Trinajstić information content (AvgIpc) is 2.58. The molecule has 0 amide bonds. The molecule has 2 fully saturated rings. The minimum Gasteiger partial charge on any atom is -0.504 e. The number of aryl methyl sites for hydroxylation is 1. The van der Waals surface area contributed by atoms with Gasteiger partial charge in [-0.15, -0.1) is 6.58 Å². The number of benzene rings is 1. The van der Waals surface area contributed by atoms with Crippen molar-refractivity contribution >= 4 is 5.78 Å². The lowest BCUT2D eigenvalue weighted by atomic mass is 9.52. The maximum absolute atomic E-state index is 12.4. The third-order valence-corrected chi connectivity index (χ3v) is 6.41. The van der Waals surface area contributed by atoms with E-state index in [1.807, 2.05) is 11.8 Å². The molecule has 1 aromatic carbocycles. The van der Waals surface area contributed by atoms with Crippen molar-refractivity contribution in [3.8, 4) is 11.5 Å². The number of ketones is 1. The van der Waals surface area contributed by atoms with Gasteiger partial charge in [-0.1, -0.05) is 12.1 Å². The highest BCUT2D eigenvalue weighted by molar-refractivity contribution is 5.83. The van der Waals surface area contributed by atoms with Crippen LogP contribution >= 0.6 is 0 Å². The highest BCUT2D eigenvalue weighted by atomic mass is 16.3. The van der Waals surface area contributed by atoms with Crippen molar-refractivity contribution in [1.82, 2.24) is 4.90 Å². The molecule has 3 rings (SSSR count). The van der Waals surface area contributed by atoms with Crippen LogP contribution < -0.4 is 0 Å². The van der Waals surface area contributed by atoms with Gasteiger partial charge < -0.3 is 20.4 Å². The van der Waals surface area contributed by atoms with Gasteiger partial charge >= 0.3 is 0 Å². The van der Waals surface area contributed by atoms with Crippen LogP contribution in [0.15, 0.2) is 24.8 Å². The lowest BCUT2D eigenvalue weighted by molar-refractivity contribution is -0.207. The van der Waals surface area contributed by atoms with Crippen LogP contribution in [0.3, 0.4) is 0 Å². The number of fused-ring (bicyclic) bond motifs is 1. The molecule has 6 heteroatoms. The van der Waals surface area contributed by atoms with Crippen molar-refractivity contribution in [3.05, 3.63) is 35.9 Å². The zero-order valence-electron chi connectivity index (χ0n) is 15.3. The van der Waals surface area contributed by atoms with Gasteiger partial charge in [0.2, 0.25) is 0 Å². The van der Waals surface area contributed by atoms with Crippen LogP contribution in [-0.4, -0.2) is 61.9 Å². The van der Waals surface area contributed by atoms with Crippen LogP contribution in [0.4, 0.5) is 0 Å². The first kappa shape index (κ1) is 18.9. The van der Waals surface area contributed by atoms with E-state index in [1.54, 1.807) is 19.1 Å². The Kier molecular flexibility index (Phi) is 4.63. The fourth-order valence-electron chi connectivity index (χ4n) is 5.13. The van der Waals surface area contributed by atoms with Gasteiger partial charge in [-0.25, -0.2) is 0 Å². The van der Waals surface area contributed by atoms with Gasteiger partial charge in [-0.2, -0.15) is 0 Å². The van der Waals surface area contributed by atoms with Crippen LogP contribution in [0.2, 0.25) is 0 Å². The highest BCUT2D eigenvalue weighted by Crippen LogP contribution is 2.56. The number of phenolic OH excluding ortho intramolecular Hbond substituents is 2. The van der Waals surface area contributed by atoms with E-state index in [2.05, 4.69) is 6.58 Å². The van der Waals surface area contributed by atoms with E-state index in [1.165, 1.54) is 6.07 Å². The summed E-state index contributed by atoms with van der Waals surface area (Å²) in [5, 5.41) is 43.3. The van der Waals surface area contributed by atoms with E-state index in [9.17, 15) is 25.2 Å². The van der Waals surface area contributed by atoms with Crippen LogP contribution in [0.5, 0.6) is 11.5 Å². The summed E-state index contributed by atoms with van der Waals surface area (Å²) in [6.45, 7) is 8.47. The molecule has 0 spiro atoms. The number of aliphatic hydroxyl groups is 2. The second-order valence-electron chi connectivity index (χ2n) is 7.68. The summed E-state index contributed by atoms with van der Waals surface area (Å²) >= 11 is 0. The van der Waals surface area contributed by atoms with E-state index in [-0.39, 0.29) is 30.1 Å². The molecule has 142 valence electrons. The van der Waals surface area contributed by atoms with Gasteiger partial charge in [-0.05, 0) is 38.4 Å². The maximum Gasteiger partial charge on any atom is 0.161 e. The molecule has 0 radical (unpaired) electrons. The van der Waals surface area contributed by atoms with Gasteiger partial charge in [0.15, 0.2) is 11.5 Å². The Morgan fingerprint density at radius 3 is 2.73 bits per heavy atom. The normalized spacial score (nSPS) is 35.2. The number of carbonyl (C=O) groups is 1. The predicted molar refractivity (Wildman–Crippen MR) is 97.2 cm³/mol. The summed E-state index contributed by atoms with van der Waals surface area (Å²) in [4.78, 5) is 14.4. The van der Waals surface area contributed by atoms with E-state index < -0.39 is 23.2 Å². The number of aliphatic hydroxyl groups excluding tert-OH is 1. The van der Waals surface area contributed by atoms with Gasteiger partial charge in [0.1, 0.15) is 11.4 Å². The monoisotopic (exact) mass is 361 g/mol. The first-order valence-corrected chi connectivity index (χ1v) is 8.98. The number of aromatic hydroxyl groups is 2. The van der Waals surface area contributed by atoms with Gasteiger partial charge in [-0.3, -0.25) is 9.69 Å². The Hall–Kier alpha value is -1.89. The Bertz CT molecular complexity index is 748. The standard InChI is InChI=1S/C20H27NO5/c1-4-8-21-9-7-19(17-12(2)5-6-15(23)18(17)25)11-14(22)10-16(24)20(19,26)13(21)3/h4-6,13,16,23-26H,1,7-11H2,2-3H3. The summed E-state index contributed by atoms with van der Waals surface area (Å²) in [6, 6.07) is 2.59. The third kappa shape index (κ3) is 2.40. The van der Waals surface area contributed by atoms with E-state index in [0.29, 0.717) is 30.6 Å². The number of rotatable bonds is 3. The average molecular weight is 361 g/mol. The van der Waals surface area contributed by atoms with E-state index >= 15 is 0 Å². The van der Waals surface area contributed by atoms with Crippen LogP contribution in [0.1, 0.15) is 37.3 Å². The molecule has 6 nitrogen and oxygen atoms in total. The Morgan fingerprint density at radius 1 is 1.38 bits per heavy atom. The van der Waals surface area contributed by atoms with Crippen LogP contribution in [0, 0.1) is 6.92 Å². The van der Waals surface area contributed by atoms with Crippen molar-refractivity contribution < 1.29 is 25.2 Å². The molecular weight excluding hydrogens is 334 g/mol. The van der Waals surface area contributed by atoms with Crippen molar-refractivity contribution in [1.29, 1.82) is 0 Å². The zero-order chi connectivity index (χ0) is 19.3. The molecule has 1 saturated heterocycles. The smallest absolute Gasteiger partial charge is 0.161 e. The minimum atomic E-state index is -1.64. The first-order chi connectivity index (χ1) is 12.2. The first-order valence-electron chi connectivity index (χ1n) is 8.98. The van der Waals surface area contributed by atoms with Crippen molar-refractivity contribution in [3.63, 3.8) is 0 Å². The number of carbonyl (C=O) groups excluding carboxylic acids is 1. The molecule has 0 aromatic heterocycles. The van der Waals surface area contributed by atoms with Gasteiger partial charge in [0.05, 0.1) is 6.10 Å². The van der Waals surface area contributed by atoms with E-state index in [4.69, 9.17) is 0 Å². The number of hydrogen-bond acceptors (Lipinski definition) is 6. The predicted octanol–water partition coefficient (Wildman–Crippen LogP) is 1.38. The maximum atomic E-state index is 12.4. The Morgan fingerprint density at radius 2 is 2.08 bits per heavy atom. The SMILES string of the molecule is C=CCN1CCC2(c3c(C)ccc(O)c3O)CC(=O)CC(O)C2(O)C1C. The topological polar surface area (TPSA) is 101 Å². The summed E-state index contributed by atoms with van der Waals surface area (Å²) in [5.41, 5.74) is -1.77. The molecule has 1 saturated carbocycles. The van der Waals surface area contributed by atoms with Gasteiger partial charge in [0.25, 0.3) is 0 Å².